The van der Waals surface area contributed by atoms with E-state index >= 15 is 0 Å². The molecule has 1 saturated carbocycles. The molecule has 1 aromatic carbocycles. The number of methoxy groups -OCH3 is 2. The zero-order chi connectivity index (χ0) is 19.8. The zero-order valence-electron chi connectivity index (χ0n) is 16.7. The molecule has 1 aromatic rings. The van der Waals surface area contributed by atoms with E-state index in [1.165, 1.54) is 14.2 Å². The van der Waals surface area contributed by atoms with Crippen LogP contribution < -0.4 is 10.6 Å². The molecule has 7 heteroatoms. The fraction of sp³-hybridized carbons (Fsp3) is 0.600. The van der Waals surface area contributed by atoms with Gasteiger partial charge in [0, 0.05) is 38.9 Å². The zero-order valence-corrected chi connectivity index (χ0v) is 16.7. The second kappa shape index (κ2) is 10.4. The first-order valence-electron chi connectivity index (χ1n) is 9.37. The fourth-order valence-corrected chi connectivity index (χ4v) is 3.00. The minimum absolute atomic E-state index is 0.0430. The Morgan fingerprint density at radius 3 is 2.33 bits per heavy atom. The summed E-state index contributed by atoms with van der Waals surface area (Å²) in [5.41, 5.74) is 2.97. The summed E-state index contributed by atoms with van der Waals surface area (Å²) in [4.78, 5) is 26.6. The van der Waals surface area contributed by atoms with Crippen LogP contribution in [0.1, 0.15) is 30.4 Å². The molecule has 0 heterocycles. The monoisotopic (exact) mass is 377 g/mol. The highest BCUT2D eigenvalue weighted by atomic mass is 16.7. The third-order valence-electron chi connectivity index (χ3n) is 4.77. The Morgan fingerprint density at radius 1 is 1.15 bits per heavy atom. The first kappa shape index (κ1) is 21.3. The van der Waals surface area contributed by atoms with Crippen molar-refractivity contribution in [1.29, 1.82) is 0 Å². The Kier molecular flexibility index (Phi) is 8.22. The van der Waals surface area contributed by atoms with Gasteiger partial charge in [0.15, 0.2) is 6.29 Å². The third-order valence-corrected chi connectivity index (χ3v) is 4.77. The highest BCUT2D eigenvalue weighted by molar-refractivity contribution is 5.93. The predicted molar refractivity (Wildman–Crippen MR) is 105 cm³/mol. The first-order chi connectivity index (χ1) is 12.9. The van der Waals surface area contributed by atoms with Crippen molar-refractivity contribution < 1.29 is 19.1 Å². The molecular weight excluding hydrogens is 346 g/mol. The predicted octanol–water partition coefficient (Wildman–Crippen LogP) is 1.83. The Morgan fingerprint density at radius 2 is 1.78 bits per heavy atom. The highest BCUT2D eigenvalue weighted by Gasteiger charge is 2.30. The van der Waals surface area contributed by atoms with E-state index in [0.717, 1.165) is 29.7 Å². The number of aryl methyl sites for hydroxylation is 2. The summed E-state index contributed by atoms with van der Waals surface area (Å²) < 4.78 is 10.1. The van der Waals surface area contributed by atoms with E-state index in [2.05, 4.69) is 15.5 Å². The van der Waals surface area contributed by atoms with Crippen LogP contribution in [0.15, 0.2) is 18.2 Å². The van der Waals surface area contributed by atoms with E-state index in [0.29, 0.717) is 32.1 Å². The van der Waals surface area contributed by atoms with Gasteiger partial charge in [-0.1, -0.05) is 18.2 Å². The number of carbonyl (C=O) groups excluding carboxylic acids is 2. The second-order valence-corrected chi connectivity index (χ2v) is 6.97. The minimum atomic E-state index is -0.448. The molecule has 2 amide bonds. The number of ether oxygens (including phenoxy) is 2. The molecule has 0 radical (unpaired) electrons. The van der Waals surface area contributed by atoms with E-state index in [9.17, 15) is 9.59 Å². The number of anilines is 1. The molecule has 27 heavy (non-hydrogen) atoms. The van der Waals surface area contributed by atoms with E-state index in [-0.39, 0.29) is 11.8 Å². The minimum Gasteiger partial charge on any atom is -0.354 e. The number of para-hydroxylation sites is 1. The van der Waals surface area contributed by atoms with Gasteiger partial charge in [-0.15, -0.1) is 0 Å². The molecule has 1 fully saturated rings. The Bertz CT molecular complexity index is 622. The van der Waals surface area contributed by atoms with E-state index < -0.39 is 6.29 Å². The van der Waals surface area contributed by atoms with Crippen molar-refractivity contribution in [3.63, 3.8) is 0 Å². The molecular formula is C20H31N3O4. The van der Waals surface area contributed by atoms with Crippen LogP contribution in [0.3, 0.4) is 0 Å². The molecule has 0 saturated heterocycles. The quantitative estimate of drug-likeness (QED) is 0.575. The van der Waals surface area contributed by atoms with Gasteiger partial charge in [-0.3, -0.25) is 14.5 Å². The molecule has 0 aliphatic heterocycles. The van der Waals surface area contributed by atoms with Gasteiger partial charge in [0.1, 0.15) is 0 Å². The van der Waals surface area contributed by atoms with Crippen molar-refractivity contribution >= 4 is 17.5 Å². The summed E-state index contributed by atoms with van der Waals surface area (Å²) in [6, 6.07) is 6.34. The lowest BCUT2D eigenvalue weighted by atomic mass is 10.1. The second-order valence-electron chi connectivity index (χ2n) is 6.97. The summed E-state index contributed by atoms with van der Waals surface area (Å²) in [5.74, 6) is -0.117. The first-order valence-corrected chi connectivity index (χ1v) is 9.37. The van der Waals surface area contributed by atoms with Crippen LogP contribution in [0.4, 0.5) is 5.69 Å². The third kappa shape index (κ3) is 6.93. The molecule has 2 N–H and O–H groups in total. The van der Waals surface area contributed by atoms with Crippen LogP contribution in [0, 0.1) is 13.8 Å². The van der Waals surface area contributed by atoms with Gasteiger partial charge in [0.05, 0.1) is 13.1 Å². The molecule has 0 unspecified atom stereocenters. The lowest BCUT2D eigenvalue weighted by molar-refractivity contribution is -0.128. The van der Waals surface area contributed by atoms with Crippen LogP contribution in [0.5, 0.6) is 0 Å². The molecule has 0 spiro atoms. The summed E-state index contributed by atoms with van der Waals surface area (Å²) >= 11 is 0. The maximum atomic E-state index is 12.5. The number of hydrogen-bond donors (Lipinski definition) is 2. The number of rotatable bonds is 11. The van der Waals surface area contributed by atoms with Crippen molar-refractivity contribution in [2.45, 2.75) is 45.4 Å². The number of nitrogens with zero attached hydrogens (tertiary/aromatic N) is 1. The molecule has 1 aliphatic rings. The largest absolute Gasteiger partial charge is 0.354 e. The summed E-state index contributed by atoms with van der Waals surface area (Å²) in [5, 5.41) is 5.81. The van der Waals surface area contributed by atoms with Gasteiger partial charge >= 0.3 is 0 Å². The summed E-state index contributed by atoms with van der Waals surface area (Å²) in [6.07, 6.45) is 2.05. The number of benzene rings is 1. The van der Waals surface area contributed by atoms with Gasteiger partial charge in [0.2, 0.25) is 11.8 Å². The SMILES string of the molecule is COC(CNC(=O)CCN(CC(=O)Nc1c(C)cccc1C)C1CC1)OC. The molecule has 7 nitrogen and oxygen atoms in total. The molecule has 0 atom stereocenters. The van der Waals surface area contributed by atoms with Gasteiger partial charge < -0.3 is 20.1 Å². The Labute approximate surface area is 161 Å². The van der Waals surface area contributed by atoms with Crippen LogP contribution in [-0.2, 0) is 19.1 Å². The number of hydrogen-bond acceptors (Lipinski definition) is 5. The van der Waals surface area contributed by atoms with Gasteiger partial charge in [-0.25, -0.2) is 0 Å². The van der Waals surface area contributed by atoms with Crippen LogP contribution in [-0.4, -0.2) is 62.9 Å². The maximum Gasteiger partial charge on any atom is 0.238 e. The van der Waals surface area contributed by atoms with Gasteiger partial charge in [0.25, 0.3) is 0 Å². The van der Waals surface area contributed by atoms with Crippen LogP contribution >= 0.6 is 0 Å². The summed E-state index contributed by atoms with van der Waals surface area (Å²) in [6.45, 7) is 5.13. The van der Waals surface area contributed by atoms with Gasteiger partial charge in [-0.2, -0.15) is 0 Å². The summed E-state index contributed by atoms with van der Waals surface area (Å²) in [7, 11) is 3.06. The standard InChI is InChI=1S/C20H31N3O4/c1-14-6-5-7-15(2)20(14)22-18(25)13-23(16-8-9-16)11-10-17(24)21-12-19(26-3)27-4/h5-7,16,19H,8-13H2,1-4H3,(H,21,24)(H,22,25). The maximum absolute atomic E-state index is 12.5. The molecule has 150 valence electrons. The average Bonchev–Trinajstić information content (AvgIpc) is 3.48. The Hall–Kier alpha value is -1.96. The molecule has 1 aliphatic carbocycles. The van der Waals surface area contributed by atoms with E-state index in [1.807, 2.05) is 32.0 Å². The number of amides is 2. The number of carbonyl (C=O) groups is 2. The van der Waals surface area contributed by atoms with Crippen molar-refractivity contribution in [2.75, 3.05) is 39.2 Å². The van der Waals surface area contributed by atoms with Crippen molar-refractivity contribution in [3.8, 4) is 0 Å². The normalized spacial score (nSPS) is 13.9. The lowest BCUT2D eigenvalue weighted by Gasteiger charge is -2.22. The average molecular weight is 377 g/mol. The highest BCUT2D eigenvalue weighted by Crippen LogP contribution is 2.27. The molecule has 0 bridgehead atoms. The van der Waals surface area contributed by atoms with E-state index in [4.69, 9.17) is 9.47 Å². The van der Waals surface area contributed by atoms with Crippen LogP contribution in [0.2, 0.25) is 0 Å². The van der Waals surface area contributed by atoms with Crippen molar-refractivity contribution in [2.24, 2.45) is 0 Å². The van der Waals surface area contributed by atoms with E-state index in [1.54, 1.807) is 0 Å². The van der Waals surface area contributed by atoms with Crippen molar-refractivity contribution in [1.82, 2.24) is 10.2 Å². The topological polar surface area (TPSA) is 79.9 Å². The van der Waals surface area contributed by atoms with Crippen LogP contribution in [0.25, 0.3) is 0 Å². The Balaban J connectivity index is 1.81. The lowest BCUT2D eigenvalue weighted by Crippen LogP contribution is -2.39. The fourth-order valence-electron chi connectivity index (χ4n) is 3.00. The smallest absolute Gasteiger partial charge is 0.238 e. The van der Waals surface area contributed by atoms with Crippen molar-refractivity contribution in [3.05, 3.63) is 29.3 Å². The number of nitrogens with one attached hydrogen (secondary N) is 2. The molecule has 2 rings (SSSR count). The van der Waals surface area contributed by atoms with Gasteiger partial charge in [-0.05, 0) is 37.8 Å². The molecule has 0 aromatic heterocycles.